The normalized spacial score (nSPS) is 10.3. The number of esters is 1. The molecular formula is C13H15N3O3S. The van der Waals surface area contributed by atoms with Crippen LogP contribution in [0.3, 0.4) is 0 Å². The fourth-order valence-electron chi connectivity index (χ4n) is 1.97. The highest BCUT2D eigenvalue weighted by Crippen LogP contribution is 2.21. The third-order valence-corrected chi connectivity index (χ3v) is 3.64. The predicted octanol–water partition coefficient (Wildman–Crippen LogP) is 2.38. The number of H-pyrrole nitrogens is 1. The first-order valence-electron chi connectivity index (χ1n) is 6.09. The van der Waals surface area contributed by atoms with Crippen LogP contribution >= 0.6 is 11.3 Å². The number of aromatic amines is 1. The molecule has 106 valence electrons. The van der Waals surface area contributed by atoms with E-state index in [0.29, 0.717) is 34.1 Å². The molecule has 0 fully saturated rings. The summed E-state index contributed by atoms with van der Waals surface area (Å²) in [5.74, 6) is -0.758. The van der Waals surface area contributed by atoms with Gasteiger partial charge in [-0.05, 0) is 18.9 Å². The van der Waals surface area contributed by atoms with Gasteiger partial charge in [0.15, 0.2) is 5.13 Å². The number of thiazole rings is 1. The van der Waals surface area contributed by atoms with Gasteiger partial charge in [-0.15, -0.1) is 11.3 Å². The molecule has 0 atom stereocenters. The fourth-order valence-corrected chi connectivity index (χ4v) is 2.50. The number of nitrogens with zero attached hydrogens (tertiary/aromatic N) is 1. The molecular weight excluding hydrogens is 278 g/mol. The fraction of sp³-hybridized carbons (Fsp3) is 0.308. The van der Waals surface area contributed by atoms with Crippen molar-refractivity contribution >= 4 is 28.3 Å². The smallest absolute Gasteiger partial charge is 0.339 e. The van der Waals surface area contributed by atoms with Gasteiger partial charge in [0.25, 0.3) is 5.91 Å². The van der Waals surface area contributed by atoms with E-state index >= 15 is 0 Å². The highest BCUT2D eigenvalue weighted by Gasteiger charge is 2.23. The Balaban J connectivity index is 2.35. The molecule has 0 saturated carbocycles. The minimum Gasteiger partial charge on any atom is -0.465 e. The summed E-state index contributed by atoms with van der Waals surface area (Å²) in [6.45, 7) is 3.62. The molecule has 0 saturated heterocycles. The number of methoxy groups -OCH3 is 1. The van der Waals surface area contributed by atoms with Gasteiger partial charge < -0.3 is 9.72 Å². The Morgan fingerprint density at radius 2 is 2.25 bits per heavy atom. The molecule has 7 heteroatoms. The summed E-state index contributed by atoms with van der Waals surface area (Å²) >= 11 is 1.33. The molecule has 2 rings (SSSR count). The van der Waals surface area contributed by atoms with Crippen LogP contribution in [0.15, 0.2) is 11.6 Å². The van der Waals surface area contributed by atoms with Crippen LogP contribution in [0.25, 0.3) is 0 Å². The largest absolute Gasteiger partial charge is 0.465 e. The zero-order chi connectivity index (χ0) is 14.7. The lowest BCUT2D eigenvalue weighted by atomic mass is 10.1. The Morgan fingerprint density at radius 3 is 2.80 bits per heavy atom. The summed E-state index contributed by atoms with van der Waals surface area (Å²) in [6.07, 6.45) is 2.22. The van der Waals surface area contributed by atoms with Crippen LogP contribution in [0.2, 0.25) is 0 Å². The van der Waals surface area contributed by atoms with Crippen molar-refractivity contribution in [1.29, 1.82) is 0 Å². The van der Waals surface area contributed by atoms with Crippen LogP contribution in [0.5, 0.6) is 0 Å². The van der Waals surface area contributed by atoms with E-state index in [1.165, 1.54) is 18.4 Å². The van der Waals surface area contributed by atoms with Gasteiger partial charge >= 0.3 is 5.97 Å². The van der Waals surface area contributed by atoms with Gasteiger partial charge in [-0.2, -0.15) is 0 Å². The van der Waals surface area contributed by atoms with Crippen molar-refractivity contribution in [3.8, 4) is 0 Å². The summed E-state index contributed by atoms with van der Waals surface area (Å²) in [5, 5.41) is 4.97. The van der Waals surface area contributed by atoms with E-state index in [0.717, 1.165) is 0 Å². The van der Waals surface area contributed by atoms with E-state index in [1.54, 1.807) is 18.5 Å². The van der Waals surface area contributed by atoms with Gasteiger partial charge in [0.2, 0.25) is 0 Å². The molecule has 0 unspecified atom stereocenters. The summed E-state index contributed by atoms with van der Waals surface area (Å²) < 4.78 is 4.76. The molecule has 0 aromatic carbocycles. The van der Waals surface area contributed by atoms with Crippen molar-refractivity contribution in [2.75, 3.05) is 12.4 Å². The third kappa shape index (κ3) is 2.57. The van der Waals surface area contributed by atoms with E-state index in [2.05, 4.69) is 15.3 Å². The minimum atomic E-state index is -0.441. The Labute approximate surface area is 120 Å². The average Bonchev–Trinajstić information content (AvgIpc) is 3.05. The second-order valence-electron chi connectivity index (χ2n) is 4.12. The highest BCUT2D eigenvalue weighted by atomic mass is 32.1. The second-order valence-corrected chi connectivity index (χ2v) is 5.01. The molecule has 2 N–H and O–H groups in total. The monoisotopic (exact) mass is 293 g/mol. The van der Waals surface area contributed by atoms with Crippen LogP contribution in [-0.2, 0) is 11.2 Å². The standard InChI is InChI=1S/C13H15N3O3S/c1-4-8-9(12(18)19-3)7(2)10(15-8)11(17)16-13-14-5-6-20-13/h5-6,15H,4H2,1-3H3,(H,14,16,17). The molecule has 20 heavy (non-hydrogen) atoms. The van der Waals surface area contributed by atoms with Crippen LogP contribution in [0.1, 0.15) is 39.0 Å². The zero-order valence-electron chi connectivity index (χ0n) is 11.4. The summed E-state index contributed by atoms with van der Waals surface area (Å²) in [7, 11) is 1.32. The van der Waals surface area contributed by atoms with Crippen LogP contribution in [0, 0.1) is 6.92 Å². The molecule has 0 aliphatic rings. The van der Waals surface area contributed by atoms with Gasteiger partial charge in [-0.3, -0.25) is 10.1 Å². The number of carbonyl (C=O) groups excluding carboxylic acids is 2. The third-order valence-electron chi connectivity index (χ3n) is 2.95. The van der Waals surface area contributed by atoms with E-state index in [-0.39, 0.29) is 5.91 Å². The van der Waals surface area contributed by atoms with Crippen molar-refractivity contribution < 1.29 is 14.3 Å². The molecule has 2 aromatic heterocycles. The van der Waals surface area contributed by atoms with Gasteiger partial charge in [0, 0.05) is 17.3 Å². The number of aryl methyl sites for hydroxylation is 1. The number of carbonyl (C=O) groups is 2. The van der Waals surface area contributed by atoms with Gasteiger partial charge in [-0.1, -0.05) is 6.92 Å². The van der Waals surface area contributed by atoms with Crippen LogP contribution < -0.4 is 5.32 Å². The second kappa shape index (κ2) is 5.87. The highest BCUT2D eigenvalue weighted by molar-refractivity contribution is 7.13. The lowest BCUT2D eigenvalue weighted by Crippen LogP contribution is -2.13. The van der Waals surface area contributed by atoms with E-state index < -0.39 is 5.97 Å². The molecule has 1 amide bonds. The summed E-state index contributed by atoms with van der Waals surface area (Å²) in [4.78, 5) is 31.0. The van der Waals surface area contributed by atoms with E-state index in [1.807, 2.05) is 6.92 Å². The Bertz CT molecular complexity index is 632. The first kappa shape index (κ1) is 14.3. The van der Waals surface area contributed by atoms with Crippen molar-refractivity contribution in [2.24, 2.45) is 0 Å². The Morgan fingerprint density at radius 1 is 1.50 bits per heavy atom. The number of ether oxygens (including phenoxy) is 1. The molecule has 0 spiro atoms. The number of rotatable bonds is 4. The molecule has 0 aliphatic carbocycles. The lowest BCUT2D eigenvalue weighted by molar-refractivity contribution is 0.0599. The number of aromatic nitrogens is 2. The zero-order valence-corrected chi connectivity index (χ0v) is 12.3. The van der Waals surface area contributed by atoms with Gasteiger partial charge in [-0.25, -0.2) is 9.78 Å². The molecule has 6 nitrogen and oxygen atoms in total. The number of nitrogens with one attached hydrogen (secondary N) is 2. The Kier molecular flexibility index (Phi) is 4.19. The first-order chi connectivity index (χ1) is 9.58. The SMILES string of the molecule is CCc1[nH]c(C(=O)Nc2nccs2)c(C)c1C(=O)OC. The molecule has 0 radical (unpaired) electrons. The maximum atomic E-state index is 12.2. The van der Waals surface area contributed by atoms with Crippen molar-refractivity contribution in [2.45, 2.75) is 20.3 Å². The quantitative estimate of drug-likeness (QED) is 0.848. The summed E-state index contributed by atoms with van der Waals surface area (Å²) in [6, 6.07) is 0. The van der Waals surface area contributed by atoms with Gasteiger partial charge in [0.05, 0.1) is 12.7 Å². The van der Waals surface area contributed by atoms with Gasteiger partial charge in [0.1, 0.15) is 5.69 Å². The van der Waals surface area contributed by atoms with E-state index in [9.17, 15) is 9.59 Å². The molecule has 2 heterocycles. The molecule has 0 aliphatic heterocycles. The molecule has 2 aromatic rings. The lowest BCUT2D eigenvalue weighted by Gasteiger charge is -2.02. The topological polar surface area (TPSA) is 84.1 Å². The first-order valence-corrected chi connectivity index (χ1v) is 6.97. The number of amides is 1. The maximum absolute atomic E-state index is 12.2. The van der Waals surface area contributed by atoms with Crippen LogP contribution in [-0.4, -0.2) is 29.0 Å². The van der Waals surface area contributed by atoms with Crippen LogP contribution in [0.4, 0.5) is 5.13 Å². The van der Waals surface area contributed by atoms with E-state index in [4.69, 9.17) is 4.74 Å². The predicted molar refractivity (Wildman–Crippen MR) is 76.3 cm³/mol. The molecule has 0 bridgehead atoms. The average molecular weight is 293 g/mol. The van der Waals surface area contributed by atoms with Crippen molar-refractivity contribution in [1.82, 2.24) is 9.97 Å². The van der Waals surface area contributed by atoms with Crippen molar-refractivity contribution in [3.63, 3.8) is 0 Å². The number of hydrogen-bond donors (Lipinski definition) is 2. The number of anilines is 1. The maximum Gasteiger partial charge on any atom is 0.339 e. The Hall–Kier alpha value is -2.15. The summed E-state index contributed by atoms with van der Waals surface area (Å²) in [5.41, 5.74) is 2.07. The minimum absolute atomic E-state index is 0.317. The number of hydrogen-bond acceptors (Lipinski definition) is 5. The van der Waals surface area contributed by atoms with Crippen molar-refractivity contribution in [3.05, 3.63) is 34.1 Å².